The Morgan fingerprint density at radius 3 is 2.58 bits per heavy atom. The van der Waals surface area contributed by atoms with Crippen LogP contribution < -0.4 is 9.86 Å². The molecule has 8 nitrogen and oxygen atoms in total. The number of halogens is 4. The van der Waals surface area contributed by atoms with Crippen LogP contribution in [0.3, 0.4) is 0 Å². The number of carbonyl (C=O) groups excluding carboxylic acids is 2. The van der Waals surface area contributed by atoms with Crippen LogP contribution in [0.5, 0.6) is 5.75 Å². The van der Waals surface area contributed by atoms with E-state index in [1.54, 1.807) is 20.8 Å². The lowest BCUT2D eigenvalue weighted by Gasteiger charge is -2.30. The highest BCUT2D eigenvalue weighted by molar-refractivity contribution is 5.98. The van der Waals surface area contributed by atoms with E-state index in [0.717, 1.165) is 43.5 Å². The number of likely N-dealkylation sites (tertiary alicyclic amines) is 1. The van der Waals surface area contributed by atoms with Crippen LogP contribution in [0, 0.1) is 5.41 Å². The molecule has 0 aromatic heterocycles. The number of anilines is 1. The number of ether oxygens (including phenoxy) is 4. The van der Waals surface area contributed by atoms with Crippen LogP contribution in [0.15, 0.2) is 24.3 Å². The Balaban J connectivity index is 1.52. The van der Waals surface area contributed by atoms with Gasteiger partial charge in [-0.2, -0.15) is 0 Å². The van der Waals surface area contributed by atoms with Crippen molar-refractivity contribution in [2.75, 3.05) is 18.3 Å². The molecular weight excluding hydrogens is 488 g/mol. The summed E-state index contributed by atoms with van der Waals surface area (Å²) in [7, 11) is 0. The van der Waals surface area contributed by atoms with Crippen LogP contribution in [-0.2, 0) is 19.0 Å². The Morgan fingerprint density at radius 2 is 1.94 bits per heavy atom. The summed E-state index contributed by atoms with van der Waals surface area (Å²) < 4.78 is 73.8. The molecule has 200 valence electrons. The number of alkyl halides is 3. The second-order valence-electron chi connectivity index (χ2n) is 10.5. The van der Waals surface area contributed by atoms with E-state index in [1.165, 1.54) is 4.90 Å². The first kappa shape index (κ1) is 26.5. The normalized spacial score (nSPS) is 27.9. The zero-order chi connectivity index (χ0) is 26.3. The van der Waals surface area contributed by atoms with Gasteiger partial charge >= 0.3 is 12.5 Å². The molecule has 1 aromatic rings. The fourth-order valence-corrected chi connectivity index (χ4v) is 4.79. The van der Waals surface area contributed by atoms with Crippen molar-refractivity contribution in [1.29, 1.82) is 0 Å². The minimum Gasteiger partial charge on any atom is -0.444 e. The first-order valence-corrected chi connectivity index (χ1v) is 11.9. The van der Waals surface area contributed by atoms with Crippen LogP contribution in [0.4, 0.5) is 28.1 Å². The summed E-state index contributed by atoms with van der Waals surface area (Å²) >= 11 is 0. The molecule has 0 N–H and O–H groups in total. The molecule has 1 unspecified atom stereocenters. The predicted molar refractivity (Wildman–Crippen MR) is 119 cm³/mol. The summed E-state index contributed by atoms with van der Waals surface area (Å²) in [6, 6.07) is 2.41. The Kier molecular flexibility index (Phi) is 7.13. The Hall–Kier alpha value is -2.60. The van der Waals surface area contributed by atoms with E-state index in [1.807, 2.05) is 0 Å². The third-order valence-electron chi connectivity index (χ3n) is 6.47. The molecule has 0 bridgehead atoms. The fourth-order valence-electron chi connectivity index (χ4n) is 4.79. The third-order valence-corrected chi connectivity index (χ3v) is 6.47. The maximum atomic E-state index is 15.2. The van der Waals surface area contributed by atoms with Crippen molar-refractivity contribution in [3.05, 3.63) is 24.3 Å². The largest absolute Gasteiger partial charge is 0.573 e. The number of hydrogen-bond acceptors (Lipinski definition) is 6. The predicted octanol–water partition coefficient (Wildman–Crippen LogP) is 5.11. The summed E-state index contributed by atoms with van der Waals surface area (Å²) in [6.07, 6.45) is -2.75. The van der Waals surface area contributed by atoms with Crippen molar-refractivity contribution < 1.29 is 46.2 Å². The van der Waals surface area contributed by atoms with Crippen molar-refractivity contribution >= 4 is 17.7 Å². The molecular formula is C24H30F4N2O6. The number of amides is 2. The molecule has 2 aliphatic heterocycles. The first-order valence-electron chi connectivity index (χ1n) is 11.9. The van der Waals surface area contributed by atoms with Crippen LogP contribution in [0.25, 0.3) is 0 Å². The molecule has 0 spiro atoms. The average molecular weight is 519 g/mol. The summed E-state index contributed by atoms with van der Waals surface area (Å²) in [6.45, 7) is 5.85. The molecule has 3 aliphatic rings. The molecule has 4 rings (SSSR count). The highest BCUT2D eigenvalue weighted by Gasteiger charge is 2.68. The lowest BCUT2D eigenvalue weighted by atomic mass is 10.00. The molecule has 4 atom stereocenters. The standard InChI is InChI=1S/C24H30F4N2O6/c1-22(2,3)36-21(32)29-17(12-23(13-18(23)29)14-34-19-9-4-5-10-33-19)20(31)30(28)15-7-6-8-16(11-15)35-24(25,26)27/h6-8,11,17-19H,4-5,9-10,12-14H2,1-3H3/t17-,18+,19?,23-/m0/s1. The van der Waals surface area contributed by atoms with Crippen molar-refractivity contribution in [2.45, 2.75) is 83.2 Å². The highest BCUT2D eigenvalue weighted by atomic mass is 19.4. The van der Waals surface area contributed by atoms with E-state index in [-0.39, 0.29) is 24.4 Å². The number of benzene rings is 1. The first-order chi connectivity index (χ1) is 16.8. The van der Waals surface area contributed by atoms with E-state index in [0.29, 0.717) is 13.0 Å². The summed E-state index contributed by atoms with van der Waals surface area (Å²) in [5, 5.41) is -0.255. The third kappa shape index (κ3) is 6.03. The maximum absolute atomic E-state index is 15.2. The average Bonchev–Trinajstić information content (AvgIpc) is 3.38. The molecule has 1 saturated carbocycles. The van der Waals surface area contributed by atoms with E-state index >= 15 is 4.48 Å². The van der Waals surface area contributed by atoms with Gasteiger partial charge in [-0.25, -0.2) is 4.79 Å². The molecule has 1 aromatic carbocycles. The van der Waals surface area contributed by atoms with Crippen molar-refractivity contribution in [1.82, 2.24) is 4.90 Å². The van der Waals surface area contributed by atoms with E-state index in [4.69, 9.17) is 14.2 Å². The lowest BCUT2D eigenvalue weighted by molar-refractivity contribution is -0.274. The van der Waals surface area contributed by atoms with Gasteiger partial charge in [0.2, 0.25) is 0 Å². The smallest absolute Gasteiger partial charge is 0.444 e. The van der Waals surface area contributed by atoms with E-state index < -0.39 is 52.9 Å². The number of hydrogen-bond donors (Lipinski definition) is 0. The van der Waals surface area contributed by atoms with Crippen LogP contribution in [-0.4, -0.2) is 60.5 Å². The topological polar surface area (TPSA) is 77.5 Å². The number of fused-ring (bicyclic) bond motifs is 1. The molecule has 36 heavy (non-hydrogen) atoms. The SMILES string of the molecule is CC(C)(C)OC(=O)N1[C@H](C(=O)N(F)c2cccc(OC(F)(F)F)c2)C[C@@]2(COC3CCCCO3)C[C@@H]12. The monoisotopic (exact) mass is 518 g/mol. The Labute approximate surface area is 206 Å². The van der Waals surface area contributed by atoms with Gasteiger partial charge in [0.1, 0.15) is 17.4 Å². The minimum absolute atomic E-state index is 0.127. The molecule has 12 heteroatoms. The zero-order valence-corrected chi connectivity index (χ0v) is 20.3. The number of rotatable bonds is 6. The van der Waals surface area contributed by atoms with Gasteiger partial charge in [-0.1, -0.05) is 10.5 Å². The number of piperidine rings is 1. The fraction of sp³-hybridized carbons (Fsp3) is 0.667. The molecule has 1 aliphatic carbocycles. The summed E-state index contributed by atoms with van der Waals surface area (Å²) in [5.74, 6) is -1.77. The molecule has 2 saturated heterocycles. The summed E-state index contributed by atoms with van der Waals surface area (Å²) in [5.41, 5.74) is -1.86. The van der Waals surface area contributed by atoms with Crippen molar-refractivity contribution in [3.8, 4) is 5.75 Å². The van der Waals surface area contributed by atoms with Crippen LogP contribution in [0.1, 0.15) is 52.9 Å². The molecule has 2 heterocycles. The van der Waals surface area contributed by atoms with Gasteiger partial charge in [-0.3, -0.25) is 9.69 Å². The van der Waals surface area contributed by atoms with Gasteiger partial charge in [-0.05, 0) is 65.0 Å². The maximum Gasteiger partial charge on any atom is 0.573 e. The lowest BCUT2D eigenvalue weighted by Crippen LogP contribution is -2.49. The highest BCUT2D eigenvalue weighted by Crippen LogP contribution is 2.60. The molecule has 2 amide bonds. The van der Waals surface area contributed by atoms with Crippen molar-refractivity contribution in [2.24, 2.45) is 5.41 Å². The van der Waals surface area contributed by atoms with Gasteiger partial charge < -0.3 is 18.9 Å². The van der Waals surface area contributed by atoms with Crippen LogP contribution in [0.2, 0.25) is 0 Å². The second-order valence-corrected chi connectivity index (χ2v) is 10.5. The molecule has 0 radical (unpaired) electrons. The second kappa shape index (κ2) is 9.70. The minimum atomic E-state index is -4.97. The van der Waals surface area contributed by atoms with Gasteiger partial charge in [-0.15, -0.1) is 18.3 Å². The van der Waals surface area contributed by atoms with Crippen LogP contribution >= 0.6 is 0 Å². The van der Waals surface area contributed by atoms with Gasteiger partial charge in [0.15, 0.2) is 6.29 Å². The van der Waals surface area contributed by atoms with Crippen molar-refractivity contribution in [3.63, 3.8) is 0 Å². The van der Waals surface area contributed by atoms with Gasteiger partial charge in [0, 0.05) is 24.1 Å². The quantitative estimate of drug-likeness (QED) is 0.385. The Bertz CT molecular complexity index is 978. The number of carbonyl (C=O) groups is 2. The van der Waals surface area contributed by atoms with Gasteiger partial charge in [0.25, 0.3) is 5.91 Å². The summed E-state index contributed by atoms with van der Waals surface area (Å²) in [4.78, 5) is 27.5. The van der Waals surface area contributed by atoms with Gasteiger partial charge in [0.05, 0.1) is 12.3 Å². The van der Waals surface area contributed by atoms with E-state index in [9.17, 15) is 22.8 Å². The molecule has 3 fully saturated rings. The number of nitrogens with zero attached hydrogens (tertiary/aromatic N) is 2. The Morgan fingerprint density at radius 1 is 1.19 bits per heavy atom. The zero-order valence-electron chi connectivity index (χ0n) is 20.3. The van der Waals surface area contributed by atoms with E-state index in [2.05, 4.69) is 4.74 Å².